The highest BCUT2D eigenvalue weighted by atomic mass is 19.4. The molecule has 0 radical (unpaired) electrons. The minimum Gasteiger partial charge on any atom is -0.369 e. The number of alkyl halides is 3. The number of halogens is 3. The summed E-state index contributed by atoms with van der Waals surface area (Å²) in [5, 5.41) is 0.953. The molecule has 1 amide bonds. The number of fused-ring (bicyclic) bond motifs is 1. The Kier molecular flexibility index (Phi) is 5.71. The monoisotopic (exact) mass is 443 g/mol. The number of hydrogen-bond donors (Lipinski definition) is 0. The van der Waals surface area contributed by atoms with E-state index in [1.165, 1.54) is 7.05 Å². The van der Waals surface area contributed by atoms with Gasteiger partial charge in [0.2, 0.25) is 0 Å². The number of pyridine rings is 1. The summed E-state index contributed by atoms with van der Waals surface area (Å²) in [4.78, 5) is 27.9. The number of hydrogen-bond acceptors (Lipinski definition) is 3. The van der Waals surface area contributed by atoms with Gasteiger partial charge in [-0.05, 0) is 36.5 Å². The molecule has 2 aromatic carbocycles. The van der Waals surface area contributed by atoms with E-state index in [0.29, 0.717) is 43.0 Å². The standard InChI is InChI=1S/C24H24F3N3O2/c1-28-21(23(32)29(2)24(25,26)27)20(30-13-6-7-14-30)19-17(11-8-12-18(19)22(28)31)15-16-9-4-3-5-10-16/h3-5,8-12H,6-7,13-15H2,1-2H3. The molecule has 0 aliphatic carbocycles. The van der Waals surface area contributed by atoms with Gasteiger partial charge >= 0.3 is 6.30 Å². The normalized spacial score (nSPS) is 14.2. The van der Waals surface area contributed by atoms with Crippen LogP contribution in [-0.2, 0) is 13.5 Å². The summed E-state index contributed by atoms with van der Waals surface area (Å²) < 4.78 is 41.3. The number of carbonyl (C=O) groups excluding carboxylic acids is 1. The van der Waals surface area contributed by atoms with Gasteiger partial charge in [0.1, 0.15) is 5.69 Å². The average Bonchev–Trinajstić information content (AvgIpc) is 3.30. The number of rotatable bonds is 4. The van der Waals surface area contributed by atoms with Crippen LogP contribution in [0.5, 0.6) is 0 Å². The molecule has 1 aliphatic heterocycles. The Morgan fingerprint density at radius 1 is 1.03 bits per heavy atom. The maximum Gasteiger partial charge on any atom is 0.487 e. The number of benzene rings is 2. The molecule has 0 atom stereocenters. The Hall–Kier alpha value is -3.29. The number of aromatic nitrogens is 1. The van der Waals surface area contributed by atoms with Gasteiger partial charge in [0.25, 0.3) is 11.5 Å². The molecule has 0 saturated carbocycles. The quantitative estimate of drug-likeness (QED) is 0.564. The maximum absolute atomic E-state index is 13.4. The number of carbonyl (C=O) groups is 1. The fraction of sp³-hybridized carbons (Fsp3) is 0.333. The fourth-order valence-corrected chi connectivity index (χ4v) is 4.35. The summed E-state index contributed by atoms with van der Waals surface area (Å²) in [5.74, 6) is -1.24. The second-order valence-corrected chi connectivity index (χ2v) is 8.09. The minimum atomic E-state index is -4.85. The van der Waals surface area contributed by atoms with Crippen molar-refractivity contribution in [3.8, 4) is 0 Å². The molecular weight excluding hydrogens is 419 g/mol. The largest absolute Gasteiger partial charge is 0.487 e. The van der Waals surface area contributed by atoms with E-state index in [1.54, 1.807) is 12.1 Å². The highest BCUT2D eigenvalue weighted by Crippen LogP contribution is 2.36. The molecule has 1 aromatic heterocycles. The van der Waals surface area contributed by atoms with E-state index in [1.807, 2.05) is 41.3 Å². The number of amides is 1. The molecule has 168 valence electrons. The lowest BCUT2D eigenvalue weighted by atomic mass is 9.96. The zero-order valence-electron chi connectivity index (χ0n) is 17.9. The van der Waals surface area contributed by atoms with Gasteiger partial charge in [0, 0.05) is 38.0 Å². The van der Waals surface area contributed by atoms with Crippen LogP contribution in [0.1, 0.15) is 34.5 Å². The smallest absolute Gasteiger partial charge is 0.369 e. The lowest BCUT2D eigenvalue weighted by molar-refractivity contribution is -0.216. The molecule has 1 aliphatic rings. The summed E-state index contributed by atoms with van der Waals surface area (Å²) in [6.07, 6.45) is -2.62. The van der Waals surface area contributed by atoms with Crippen molar-refractivity contribution < 1.29 is 18.0 Å². The number of nitrogens with zero attached hydrogens (tertiary/aromatic N) is 3. The van der Waals surface area contributed by atoms with E-state index in [-0.39, 0.29) is 10.6 Å². The summed E-state index contributed by atoms with van der Waals surface area (Å²) in [5.41, 5.74) is 1.50. The van der Waals surface area contributed by atoms with Crippen LogP contribution in [0.4, 0.5) is 18.9 Å². The number of anilines is 1. The van der Waals surface area contributed by atoms with Crippen molar-refractivity contribution in [1.82, 2.24) is 9.47 Å². The van der Waals surface area contributed by atoms with Crippen molar-refractivity contribution in [2.24, 2.45) is 7.05 Å². The Bertz CT molecular complexity index is 1210. The molecule has 0 unspecified atom stereocenters. The minimum absolute atomic E-state index is 0.232. The van der Waals surface area contributed by atoms with E-state index < -0.39 is 17.8 Å². The lowest BCUT2D eigenvalue weighted by Crippen LogP contribution is -2.43. The zero-order valence-corrected chi connectivity index (χ0v) is 17.9. The van der Waals surface area contributed by atoms with Crippen LogP contribution in [0.15, 0.2) is 53.3 Å². The van der Waals surface area contributed by atoms with Crippen LogP contribution in [-0.4, -0.2) is 41.8 Å². The first-order valence-corrected chi connectivity index (χ1v) is 10.5. The van der Waals surface area contributed by atoms with Gasteiger partial charge in [-0.25, -0.2) is 0 Å². The van der Waals surface area contributed by atoms with Crippen LogP contribution in [0, 0.1) is 0 Å². The first-order valence-electron chi connectivity index (χ1n) is 10.5. The van der Waals surface area contributed by atoms with Gasteiger partial charge in [-0.1, -0.05) is 42.5 Å². The van der Waals surface area contributed by atoms with E-state index in [4.69, 9.17) is 0 Å². The predicted molar refractivity (Wildman–Crippen MR) is 118 cm³/mol. The molecule has 1 fully saturated rings. The molecule has 8 heteroatoms. The van der Waals surface area contributed by atoms with Crippen molar-refractivity contribution in [2.75, 3.05) is 25.0 Å². The molecular formula is C24H24F3N3O2. The summed E-state index contributed by atoms with van der Waals surface area (Å²) in [7, 11) is 2.06. The molecule has 2 heterocycles. The lowest BCUT2D eigenvalue weighted by Gasteiger charge is -2.28. The van der Waals surface area contributed by atoms with Gasteiger partial charge in [-0.15, -0.1) is 13.2 Å². The van der Waals surface area contributed by atoms with Crippen LogP contribution in [0.2, 0.25) is 0 Å². The third-order valence-electron chi connectivity index (χ3n) is 6.03. The van der Waals surface area contributed by atoms with Crippen molar-refractivity contribution in [3.63, 3.8) is 0 Å². The highest BCUT2D eigenvalue weighted by Gasteiger charge is 2.41. The zero-order chi connectivity index (χ0) is 23.0. The van der Waals surface area contributed by atoms with Crippen molar-refractivity contribution in [2.45, 2.75) is 25.6 Å². The average molecular weight is 443 g/mol. The highest BCUT2D eigenvalue weighted by molar-refractivity contribution is 6.08. The third kappa shape index (κ3) is 3.85. The second-order valence-electron chi connectivity index (χ2n) is 8.09. The SMILES string of the molecule is CN(C(=O)c1c(N2CCCC2)c2c(Cc3ccccc3)cccc2c(=O)n1C)C(F)(F)F. The first kappa shape index (κ1) is 21.9. The van der Waals surface area contributed by atoms with Crippen LogP contribution < -0.4 is 10.5 Å². The van der Waals surface area contributed by atoms with Crippen LogP contribution in [0.25, 0.3) is 10.8 Å². The molecule has 5 nitrogen and oxygen atoms in total. The Morgan fingerprint density at radius 3 is 2.31 bits per heavy atom. The Labute approximate surface area is 183 Å². The van der Waals surface area contributed by atoms with E-state index in [0.717, 1.165) is 28.5 Å². The van der Waals surface area contributed by atoms with E-state index >= 15 is 0 Å². The summed E-state index contributed by atoms with van der Waals surface area (Å²) >= 11 is 0. The molecule has 0 bridgehead atoms. The molecule has 32 heavy (non-hydrogen) atoms. The molecule has 1 saturated heterocycles. The van der Waals surface area contributed by atoms with Gasteiger partial charge in [0.05, 0.1) is 5.69 Å². The Balaban J connectivity index is 2.04. The predicted octanol–water partition coefficient (Wildman–Crippen LogP) is 4.32. The molecule has 0 spiro atoms. The van der Waals surface area contributed by atoms with Gasteiger partial charge in [-0.3, -0.25) is 14.5 Å². The van der Waals surface area contributed by atoms with Crippen LogP contribution >= 0.6 is 0 Å². The van der Waals surface area contributed by atoms with E-state index in [2.05, 4.69) is 0 Å². The third-order valence-corrected chi connectivity index (χ3v) is 6.03. The van der Waals surface area contributed by atoms with Crippen LogP contribution in [0.3, 0.4) is 0 Å². The Morgan fingerprint density at radius 2 is 1.69 bits per heavy atom. The second kappa shape index (κ2) is 8.33. The molecule has 3 aromatic rings. The maximum atomic E-state index is 13.4. The molecule has 0 N–H and O–H groups in total. The fourth-order valence-electron chi connectivity index (χ4n) is 4.35. The summed E-state index contributed by atoms with van der Waals surface area (Å²) in [6.45, 7) is 1.23. The van der Waals surface area contributed by atoms with Gasteiger partial charge in [0.15, 0.2) is 0 Å². The first-order chi connectivity index (χ1) is 15.2. The molecule has 4 rings (SSSR count). The van der Waals surface area contributed by atoms with E-state index in [9.17, 15) is 22.8 Å². The van der Waals surface area contributed by atoms with Crippen molar-refractivity contribution >= 4 is 22.4 Å². The van der Waals surface area contributed by atoms with Crippen molar-refractivity contribution in [3.05, 3.63) is 75.7 Å². The van der Waals surface area contributed by atoms with Crippen molar-refractivity contribution in [1.29, 1.82) is 0 Å². The van der Waals surface area contributed by atoms with Gasteiger partial charge < -0.3 is 9.47 Å². The summed E-state index contributed by atoms with van der Waals surface area (Å²) in [6, 6.07) is 15.0. The van der Waals surface area contributed by atoms with Gasteiger partial charge in [-0.2, -0.15) is 0 Å². The topological polar surface area (TPSA) is 45.6 Å².